The van der Waals surface area contributed by atoms with Gasteiger partial charge in [0, 0.05) is 15.9 Å². The van der Waals surface area contributed by atoms with E-state index in [0.29, 0.717) is 16.6 Å². The lowest BCUT2D eigenvalue weighted by Crippen LogP contribution is -2.56. The molecular weight excluding hydrogens is 382 g/mol. The van der Waals surface area contributed by atoms with Crippen molar-refractivity contribution in [1.82, 2.24) is 15.4 Å². The predicted molar refractivity (Wildman–Crippen MR) is 110 cm³/mol. The molecule has 1 spiro atoms. The Hall–Kier alpha value is -1.66. The summed E-state index contributed by atoms with van der Waals surface area (Å²) in [6, 6.07) is 5.51. The molecule has 5 nitrogen and oxygen atoms in total. The number of aryl methyl sites for hydroxylation is 1. The van der Waals surface area contributed by atoms with Gasteiger partial charge in [-0.15, -0.1) is 11.8 Å². The molecule has 4 rings (SSSR count). The van der Waals surface area contributed by atoms with Gasteiger partial charge in [-0.25, -0.2) is 5.01 Å². The highest BCUT2D eigenvalue weighted by molar-refractivity contribution is 8.02. The number of carbonyl (C=O) groups is 2. The molecule has 2 heterocycles. The number of thioether (sulfide) groups is 1. The van der Waals surface area contributed by atoms with Crippen molar-refractivity contribution in [2.75, 3.05) is 0 Å². The summed E-state index contributed by atoms with van der Waals surface area (Å²) in [4.78, 5) is 28.7. The van der Waals surface area contributed by atoms with Crippen LogP contribution in [-0.4, -0.2) is 31.9 Å². The van der Waals surface area contributed by atoms with Crippen molar-refractivity contribution in [3.05, 3.63) is 34.5 Å². The van der Waals surface area contributed by atoms with E-state index in [1.807, 2.05) is 26.0 Å². The molecule has 144 valence electrons. The molecule has 2 amide bonds. The van der Waals surface area contributed by atoms with E-state index in [2.05, 4.69) is 17.3 Å². The number of amides is 2. The van der Waals surface area contributed by atoms with Crippen LogP contribution in [0.2, 0.25) is 5.02 Å². The summed E-state index contributed by atoms with van der Waals surface area (Å²) >= 11 is 7.78. The van der Waals surface area contributed by atoms with Crippen LogP contribution in [0, 0.1) is 12.8 Å². The Morgan fingerprint density at radius 3 is 2.93 bits per heavy atom. The molecule has 2 fully saturated rings. The second-order valence-corrected chi connectivity index (χ2v) is 9.98. The molecule has 1 aromatic heterocycles. The van der Waals surface area contributed by atoms with E-state index in [0.717, 1.165) is 35.7 Å². The second-order valence-electron chi connectivity index (χ2n) is 7.84. The van der Waals surface area contributed by atoms with Gasteiger partial charge in [-0.2, -0.15) is 0 Å². The minimum atomic E-state index is -0.326. The Morgan fingerprint density at radius 2 is 2.19 bits per heavy atom. The second kappa shape index (κ2) is 6.74. The molecule has 1 aliphatic carbocycles. The first-order valence-corrected chi connectivity index (χ1v) is 10.7. The molecule has 7 heteroatoms. The maximum absolute atomic E-state index is 13.1. The van der Waals surface area contributed by atoms with Gasteiger partial charge < -0.3 is 4.98 Å². The van der Waals surface area contributed by atoms with Crippen molar-refractivity contribution in [3.63, 3.8) is 0 Å². The molecule has 0 radical (unpaired) electrons. The first kappa shape index (κ1) is 18.7. The molecule has 0 bridgehead atoms. The van der Waals surface area contributed by atoms with Crippen molar-refractivity contribution in [2.24, 2.45) is 5.92 Å². The molecule has 1 saturated heterocycles. The van der Waals surface area contributed by atoms with Crippen LogP contribution in [-0.2, 0) is 4.79 Å². The normalized spacial score (nSPS) is 28.3. The van der Waals surface area contributed by atoms with Crippen LogP contribution in [0.1, 0.15) is 55.6 Å². The van der Waals surface area contributed by atoms with E-state index in [1.165, 1.54) is 6.42 Å². The summed E-state index contributed by atoms with van der Waals surface area (Å²) in [5.41, 5.74) is 5.10. The number of hydrazine groups is 1. The lowest BCUT2D eigenvalue weighted by molar-refractivity contribution is -0.136. The van der Waals surface area contributed by atoms with E-state index in [4.69, 9.17) is 11.6 Å². The Bertz CT molecular complexity index is 927. The van der Waals surface area contributed by atoms with Gasteiger partial charge >= 0.3 is 0 Å². The Kier molecular flexibility index (Phi) is 4.67. The Morgan fingerprint density at radius 1 is 1.41 bits per heavy atom. The highest BCUT2D eigenvalue weighted by Crippen LogP contribution is 2.50. The quantitative estimate of drug-likeness (QED) is 0.764. The third-order valence-corrected chi connectivity index (χ3v) is 7.55. The van der Waals surface area contributed by atoms with E-state index < -0.39 is 0 Å². The van der Waals surface area contributed by atoms with E-state index in [1.54, 1.807) is 22.8 Å². The lowest BCUT2D eigenvalue weighted by atomic mass is 9.86. The van der Waals surface area contributed by atoms with Crippen LogP contribution in [0.3, 0.4) is 0 Å². The van der Waals surface area contributed by atoms with Crippen LogP contribution in [0.5, 0.6) is 0 Å². The largest absolute Gasteiger partial charge is 0.350 e. The lowest BCUT2D eigenvalue weighted by Gasteiger charge is -2.42. The number of benzene rings is 1. The Balaban J connectivity index is 1.65. The summed E-state index contributed by atoms with van der Waals surface area (Å²) < 4.78 is 0. The maximum Gasteiger partial charge on any atom is 0.286 e. The van der Waals surface area contributed by atoms with Crippen molar-refractivity contribution in [1.29, 1.82) is 0 Å². The first-order valence-electron chi connectivity index (χ1n) is 9.41. The SMILES string of the molecule is Cc1c(C(=O)NN2C(=O)C(C)SC23CCCC(C)C3)[nH]c2ccc(Cl)cc12. The van der Waals surface area contributed by atoms with Crippen LogP contribution in [0.15, 0.2) is 18.2 Å². The van der Waals surface area contributed by atoms with Gasteiger partial charge in [0.15, 0.2) is 0 Å². The molecule has 2 aromatic rings. The third-order valence-electron chi connectivity index (χ3n) is 5.76. The fraction of sp³-hybridized carbons (Fsp3) is 0.500. The van der Waals surface area contributed by atoms with Gasteiger partial charge in [0.2, 0.25) is 0 Å². The zero-order valence-electron chi connectivity index (χ0n) is 15.8. The number of aromatic nitrogens is 1. The van der Waals surface area contributed by atoms with Crippen molar-refractivity contribution in [2.45, 2.75) is 56.6 Å². The predicted octanol–water partition coefficient (Wildman–Crippen LogP) is 4.64. The zero-order valence-corrected chi connectivity index (χ0v) is 17.3. The number of carbonyl (C=O) groups excluding carboxylic acids is 2. The minimum absolute atomic E-state index is 0.0146. The number of hydrogen-bond acceptors (Lipinski definition) is 3. The number of rotatable bonds is 2. The topological polar surface area (TPSA) is 65.2 Å². The number of nitrogens with zero attached hydrogens (tertiary/aromatic N) is 1. The fourth-order valence-electron chi connectivity index (χ4n) is 4.44. The van der Waals surface area contributed by atoms with Gasteiger partial charge in [0.25, 0.3) is 11.8 Å². The average molecular weight is 406 g/mol. The van der Waals surface area contributed by atoms with Crippen molar-refractivity contribution < 1.29 is 9.59 Å². The number of halogens is 1. The van der Waals surface area contributed by atoms with Gasteiger partial charge in [0.05, 0.1) is 5.25 Å². The minimum Gasteiger partial charge on any atom is -0.350 e. The average Bonchev–Trinajstić information content (AvgIpc) is 3.05. The number of nitrogens with one attached hydrogen (secondary N) is 2. The number of aromatic amines is 1. The van der Waals surface area contributed by atoms with Crippen LogP contribution in [0.25, 0.3) is 10.9 Å². The molecule has 1 aromatic carbocycles. The molecule has 2 aliphatic rings. The third kappa shape index (κ3) is 3.13. The molecule has 2 N–H and O–H groups in total. The summed E-state index contributed by atoms with van der Waals surface area (Å²) in [5, 5.41) is 3.03. The molecule has 27 heavy (non-hydrogen) atoms. The molecular formula is C20H24ClN3O2S. The summed E-state index contributed by atoms with van der Waals surface area (Å²) in [6.07, 6.45) is 4.08. The number of hydrogen-bond donors (Lipinski definition) is 2. The standard InChI is InChI=1S/C20H24ClN3O2S/c1-11-5-4-8-20(10-11)24(19(26)13(3)27-20)23-18(25)17-12(2)15-9-14(21)6-7-16(15)22-17/h6-7,9,11,13,22H,4-5,8,10H2,1-3H3,(H,23,25). The molecule has 3 atom stereocenters. The Labute approximate surface area is 168 Å². The van der Waals surface area contributed by atoms with E-state index >= 15 is 0 Å². The molecule has 1 saturated carbocycles. The van der Waals surface area contributed by atoms with Crippen molar-refractivity contribution >= 4 is 46.1 Å². The van der Waals surface area contributed by atoms with Crippen LogP contribution >= 0.6 is 23.4 Å². The van der Waals surface area contributed by atoms with Gasteiger partial charge in [0.1, 0.15) is 10.6 Å². The first-order chi connectivity index (χ1) is 12.8. The fourth-order valence-corrected chi connectivity index (χ4v) is 6.36. The molecule has 1 aliphatic heterocycles. The maximum atomic E-state index is 13.1. The van der Waals surface area contributed by atoms with E-state index in [-0.39, 0.29) is 21.9 Å². The highest BCUT2D eigenvalue weighted by Gasteiger charge is 2.52. The van der Waals surface area contributed by atoms with Gasteiger partial charge in [-0.3, -0.25) is 15.0 Å². The summed E-state index contributed by atoms with van der Waals surface area (Å²) in [6.45, 7) is 6.04. The molecule has 3 unspecified atom stereocenters. The van der Waals surface area contributed by atoms with Gasteiger partial charge in [-0.1, -0.05) is 24.9 Å². The van der Waals surface area contributed by atoms with Crippen LogP contribution in [0.4, 0.5) is 0 Å². The number of fused-ring (bicyclic) bond motifs is 1. The van der Waals surface area contributed by atoms with Crippen molar-refractivity contribution in [3.8, 4) is 0 Å². The van der Waals surface area contributed by atoms with E-state index in [9.17, 15) is 9.59 Å². The highest BCUT2D eigenvalue weighted by atomic mass is 35.5. The monoisotopic (exact) mass is 405 g/mol. The zero-order chi connectivity index (χ0) is 19.3. The summed E-state index contributed by atoms with van der Waals surface area (Å²) in [5.74, 6) is 0.250. The number of H-pyrrole nitrogens is 1. The smallest absolute Gasteiger partial charge is 0.286 e. The van der Waals surface area contributed by atoms with Gasteiger partial charge in [-0.05, 0) is 62.8 Å². The van der Waals surface area contributed by atoms with Crippen LogP contribution < -0.4 is 5.43 Å². The summed E-state index contributed by atoms with van der Waals surface area (Å²) in [7, 11) is 0.